The van der Waals surface area contributed by atoms with Gasteiger partial charge in [-0.1, -0.05) is 41.7 Å². The van der Waals surface area contributed by atoms with Gasteiger partial charge in [0.2, 0.25) is 0 Å². The molecule has 6 heteroatoms. The van der Waals surface area contributed by atoms with Crippen LogP contribution in [0.5, 0.6) is 0 Å². The summed E-state index contributed by atoms with van der Waals surface area (Å²) in [7, 11) is 1.91. The Bertz CT molecular complexity index is 695. The lowest BCUT2D eigenvalue weighted by Gasteiger charge is -2.12. The molecule has 1 aromatic carbocycles. The maximum Gasteiger partial charge on any atom is 0.194 e. The second-order valence-electron chi connectivity index (χ2n) is 4.18. The Hall–Kier alpha value is -1.69. The SMILES string of the molecule is CNC(c1ccccc1)c1nnc(-c2ccc(Cl)o2)s1. The first-order valence-corrected chi connectivity index (χ1v) is 7.28. The second-order valence-corrected chi connectivity index (χ2v) is 5.56. The normalized spacial score (nSPS) is 12.5. The van der Waals surface area contributed by atoms with Crippen molar-refractivity contribution in [2.45, 2.75) is 6.04 Å². The first kappa shape index (κ1) is 13.3. The van der Waals surface area contributed by atoms with Gasteiger partial charge in [0, 0.05) is 0 Å². The summed E-state index contributed by atoms with van der Waals surface area (Å²) >= 11 is 7.27. The third kappa shape index (κ3) is 2.60. The van der Waals surface area contributed by atoms with Gasteiger partial charge in [0.15, 0.2) is 16.0 Å². The van der Waals surface area contributed by atoms with E-state index in [0.29, 0.717) is 11.0 Å². The molecule has 0 fully saturated rings. The number of aromatic nitrogens is 2. The van der Waals surface area contributed by atoms with E-state index in [4.69, 9.17) is 16.0 Å². The van der Waals surface area contributed by atoms with Crippen molar-refractivity contribution in [2.24, 2.45) is 0 Å². The number of rotatable bonds is 4. The van der Waals surface area contributed by atoms with Crippen molar-refractivity contribution in [3.05, 3.63) is 58.3 Å². The van der Waals surface area contributed by atoms with Crippen molar-refractivity contribution < 1.29 is 4.42 Å². The van der Waals surface area contributed by atoms with Crippen molar-refractivity contribution in [3.63, 3.8) is 0 Å². The molecule has 20 heavy (non-hydrogen) atoms. The summed E-state index contributed by atoms with van der Waals surface area (Å²) in [5.74, 6) is 0.640. The highest BCUT2D eigenvalue weighted by molar-refractivity contribution is 7.14. The lowest BCUT2D eigenvalue weighted by Crippen LogP contribution is -2.17. The molecule has 0 saturated heterocycles. The number of halogens is 1. The standard InChI is InChI=1S/C14H12ClN3OS/c1-16-12(9-5-3-2-4-6-9)14-18-17-13(20-14)10-7-8-11(15)19-10/h2-8,12,16H,1H3. The lowest BCUT2D eigenvalue weighted by atomic mass is 10.1. The van der Waals surface area contributed by atoms with E-state index in [1.54, 1.807) is 12.1 Å². The molecule has 102 valence electrons. The summed E-state index contributed by atoms with van der Waals surface area (Å²) in [6.07, 6.45) is 0. The van der Waals surface area contributed by atoms with Crippen LogP contribution in [0.4, 0.5) is 0 Å². The van der Waals surface area contributed by atoms with Gasteiger partial charge in [-0.25, -0.2) is 0 Å². The van der Waals surface area contributed by atoms with E-state index >= 15 is 0 Å². The van der Waals surface area contributed by atoms with Crippen LogP contribution in [-0.2, 0) is 0 Å². The van der Waals surface area contributed by atoms with Crippen LogP contribution in [0.1, 0.15) is 16.6 Å². The van der Waals surface area contributed by atoms with Gasteiger partial charge in [-0.2, -0.15) is 0 Å². The summed E-state index contributed by atoms with van der Waals surface area (Å²) in [6, 6.07) is 13.6. The molecule has 3 rings (SSSR count). The van der Waals surface area contributed by atoms with Gasteiger partial charge in [-0.05, 0) is 36.3 Å². The van der Waals surface area contributed by atoms with E-state index in [2.05, 4.69) is 27.6 Å². The molecular formula is C14H12ClN3OS. The van der Waals surface area contributed by atoms with Gasteiger partial charge >= 0.3 is 0 Å². The van der Waals surface area contributed by atoms with Crippen molar-refractivity contribution in [2.75, 3.05) is 7.05 Å². The van der Waals surface area contributed by atoms with Crippen LogP contribution in [0.2, 0.25) is 5.22 Å². The molecule has 0 bridgehead atoms. The Morgan fingerprint density at radius 3 is 2.60 bits per heavy atom. The second kappa shape index (κ2) is 5.75. The largest absolute Gasteiger partial charge is 0.442 e. The van der Waals surface area contributed by atoms with Crippen molar-refractivity contribution >= 4 is 22.9 Å². The number of nitrogens with one attached hydrogen (secondary N) is 1. The topological polar surface area (TPSA) is 51.0 Å². The molecule has 1 unspecified atom stereocenters. The smallest absolute Gasteiger partial charge is 0.194 e. The number of hydrogen-bond donors (Lipinski definition) is 1. The number of benzene rings is 1. The van der Waals surface area contributed by atoms with Crippen LogP contribution in [-0.4, -0.2) is 17.2 Å². The zero-order valence-electron chi connectivity index (χ0n) is 10.7. The highest BCUT2D eigenvalue weighted by atomic mass is 35.5. The molecule has 0 amide bonds. The van der Waals surface area contributed by atoms with Crippen LogP contribution in [0, 0.1) is 0 Å². The average Bonchev–Trinajstić information content (AvgIpc) is 3.10. The molecule has 2 aromatic heterocycles. The minimum atomic E-state index is 0.0212. The molecule has 3 aromatic rings. The number of furan rings is 1. The van der Waals surface area contributed by atoms with E-state index in [9.17, 15) is 0 Å². The predicted molar refractivity (Wildman–Crippen MR) is 80.0 cm³/mol. The zero-order valence-corrected chi connectivity index (χ0v) is 12.3. The molecule has 2 heterocycles. The Labute approximate surface area is 125 Å². The first-order chi connectivity index (χ1) is 9.78. The average molecular weight is 306 g/mol. The minimum absolute atomic E-state index is 0.0212. The lowest BCUT2D eigenvalue weighted by molar-refractivity contribution is 0.583. The fraction of sp³-hybridized carbons (Fsp3) is 0.143. The van der Waals surface area contributed by atoms with Crippen LogP contribution in [0.25, 0.3) is 10.8 Å². The maximum absolute atomic E-state index is 5.78. The molecule has 0 saturated carbocycles. The van der Waals surface area contributed by atoms with Gasteiger partial charge in [-0.15, -0.1) is 10.2 Å². The summed E-state index contributed by atoms with van der Waals surface area (Å²) in [5.41, 5.74) is 1.15. The highest BCUT2D eigenvalue weighted by Gasteiger charge is 2.18. The monoisotopic (exact) mass is 305 g/mol. The third-order valence-corrected chi connectivity index (χ3v) is 4.10. The summed E-state index contributed by atoms with van der Waals surface area (Å²) < 4.78 is 5.35. The van der Waals surface area contributed by atoms with E-state index < -0.39 is 0 Å². The minimum Gasteiger partial charge on any atom is -0.442 e. The molecule has 1 atom stereocenters. The summed E-state index contributed by atoms with van der Waals surface area (Å²) in [5, 5.41) is 13.6. The van der Waals surface area contributed by atoms with Gasteiger partial charge in [-0.3, -0.25) is 0 Å². The molecule has 1 N–H and O–H groups in total. The highest BCUT2D eigenvalue weighted by Crippen LogP contribution is 2.31. The fourth-order valence-electron chi connectivity index (χ4n) is 1.96. The van der Waals surface area contributed by atoms with Crippen LogP contribution < -0.4 is 5.32 Å². The van der Waals surface area contributed by atoms with Crippen LogP contribution >= 0.6 is 22.9 Å². The number of hydrogen-bond acceptors (Lipinski definition) is 5. The summed E-state index contributed by atoms with van der Waals surface area (Å²) in [6.45, 7) is 0. The van der Waals surface area contributed by atoms with E-state index in [1.165, 1.54) is 11.3 Å². The van der Waals surface area contributed by atoms with E-state index in [0.717, 1.165) is 15.6 Å². The Morgan fingerprint density at radius 1 is 1.15 bits per heavy atom. The van der Waals surface area contributed by atoms with E-state index in [1.807, 2.05) is 25.2 Å². The Morgan fingerprint density at radius 2 is 1.95 bits per heavy atom. The van der Waals surface area contributed by atoms with Crippen LogP contribution in [0.15, 0.2) is 46.9 Å². The van der Waals surface area contributed by atoms with E-state index in [-0.39, 0.29) is 6.04 Å². The third-order valence-electron chi connectivity index (χ3n) is 2.89. The molecule has 0 radical (unpaired) electrons. The number of nitrogens with zero attached hydrogens (tertiary/aromatic N) is 2. The van der Waals surface area contributed by atoms with Gasteiger partial charge < -0.3 is 9.73 Å². The summed E-state index contributed by atoms with van der Waals surface area (Å²) in [4.78, 5) is 0. The van der Waals surface area contributed by atoms with Gasteiger partial charge in [0.05, 0.1) is 6.04 Å². The molecule has 4 nitrogen and oxygen atoms in total. The fourth-order valence-corrected chi connectivity index (χ4v) is 3.05. The van der Waals surface area contributed by atoms with Crippen molar-refractivity contribution in [1.82, 2.24) is 15.5 Å². The first-order valence-electron chi connectivity index (χ1n) is 6.09. The Balaban J connectivity index is 1.92. The zero-order chi connectivity index (χ0) is 13.9. The molecule has 0 aliphatic heterocycles. The van der Waals surface area contributed by atoms with Crippen molar-refractivity contribution in [1.29, 1.82) is 0 Å². The Kier molecular flexibility index (Phi) is 3.82. The molecule has 0 spiro atoms. The van der Waals surface area contributed by atoms with Crippen LogP contribution in [0.3, 0.4) is 0 Å². The molecule has 0 aliphatic rings. The van der Waals surface area contributed by atoms with Crippen molar-refractivity contribution in [3.8, 4) is 10.8 Å². The predicted octanol–water partition coefficient (Wildman–Crippen LogP) is 3.76. The quantitative estimate of drug-likeness (QED) is 0.797. The van der Waals surface area contributed by atoms with Gasteiger partial charge in [0.1, 0.15) is 5.01 Å². The maximum atomic E-state index is 5.78. The van der Waals surface area contributed by atoms with Gasteiger partial charge in [0.25, 0.3) is 0 Å². The molecular weight excluding hydrogens is 294 g/mol. The molecule has 0 aliphatic carbocycles.